The Hall–Kier alpha value is -4.53. The number of nitrogens with one attached hydrogen (secondary N) is 2. The lowest BCUT2D eigenvalue weighted by Crippen LogP contribution is -2.43. The SMILES string of the molecule is CCOc1cc(C2NC(=O)NC(c3ccc(OC)cc3)=C2c2ccccc2)cc([N+](=O)[O-])c1O. The molecule has 3 N–H and O–H groups in total. The minimum atomic E-state index is -0.758. The van der Waals surface area contributed by atoms with Crippen LogP contribution in [0.5, 0.6) is 17.2 Å². The molecule has 1 heterocycles. The quantitative estimate of drug-likeness (QED) is 0.348. The summed E-state index contributed by atoms with van der Waals surface area (Å²) in [4.78, 5) is 23.7. The number of nitrogens with zero attached hydrogens (tertiary/aromatic N) is 1. The van der Waals surface area contributed by atoms with E-state index < -0.39 is 28.4 Å². The van der Waals surface area contributed by atoms with Gasteiger partial charge >= 0.3 is 11.7 Å². The Bertz CT molecular complexity index is 1260. The van der Waals surface area contributed by atoms with Gasteiger partial charge in [0, 0.05) is 11.6 Å². The van der Waals surface area contributed by atoms with Crippen molar-refractivity contribution in [3.8, 4) is 17.2 Å². The average Bonchev–Trinajstić information content (AvgIpc) is 2.85. The van der Waals surface area contributed by atoms with Crippen molar-refractivity contribution in [2.24, 2.45) is 0 Å². The first-order chi connectivity index (χ1) is 16.4. The molecule has 0 aliphatic carbocycles. The first kappa shape index (κ1) is 22.7. The molecule has 1 atom stereocenters. The van der Waals surface area contributed by atoms with Gasteiger partial charge in [0.1, 0.15) is 5.75 Å². The Balaban J connectivity index is 1.97. The lowest BCUT2D eigenvalue weighted by molar-refractivity contribution is -0.386. The molecule has 4 rings (SSSR count). The standard InChI is InChI=1S/C25H23N3O6/c1-3-34-20-14-17(13-19(24(20)29)28(31)32)23-21(15-7-5-4-6-8-15)22(26-25(30)27-23)16-9-11-18(33-2)12-10-16/h4-14,23,29H,3H2,1-2H3,(H2,26,27,30). The van der Waals surface area contributed by atoms with Gasteiger partial charge in [-0.3, -0.25) is 10.1 Å². The molecule has 1 aliphatic heterocycles. The number of aromatic hydroxyl groups is 1. The lowest BCUT2D eigenvalue weighted by atomic mass is 9.87. The molecule has 1 unspecified atom stereocenters. The van der Waals surface area contributed by atoms with Crippen LogP contribution in [0.25, 0.3) is 11.3 Å². The highest BCUT2D eigenvalue weighted by molar-refractivity contribution is 6.03. The van der Waals surface area contributed by atoms with Crippen LogP contribution in [0.1, 0.15) is 29.7 Å². The molecule has 34 heavy (non-hydrogen) atoms. The molecule has 0 spiro atoms. The number of nitro groups is 1. The third-order valence-electron chi connectivity index (χ3n) is 5.44. The second-order valence-electron chi connectivity index (χ2n) is 7.49. The van der Waals surface area contributed by atoms with Gasteiger partial charge in [0.15, 0.2) is 5.75 Å². The van der Waals surface area contributed by atoms with Crippen molar-refractivity contribution >= 4 is 23.0 Å². The van der Waals surface area contributed by atoms with Crippen LogP contribution < -0.4 is 20.1 Å². The first-order valence-electron chi connectivity index (χ1n) is 10.6. The average molecular weight is 461 g/mol. The Morgan fingerprint density at radius 2 is 1.76 bits per heavy atom. The topological polar surface area (TPSA) is 123 Å². The van der Waals surface area contributed by atoms with Gasteiger partial charge in [-0.25, -0.2) is 4.79 Å². The normalized spacial score (nSPS) is 15.4. The smallest absolute Gasteiger partial charge is 0.320 e. The number of phenols is 1. The number of carbonyl (C=O) groups excluding carboxylic acids is 1. The largest absolute Gasteiger partial charge is 0.500 e. The molecule has 174 valence electrons. The minimum absolute atomic E-state index is 0.0297. The van der Waals surface area contributed by atoms with Crippen molar-refractivity contribution in [2.75, 3.05) is 13.7 Å². The summed E-state index contributed by atoms with van der Waals surface area (Å²) in [6.45, 7) is 1.91. The number of phenolic OH excluding ortho intramolecular Hbond substituents is 1. The number of nitro benzene ring substituents is 1. The molecule has 2 amide bonds. The van der Waals surface area contributed by atoms with E-state index in [4.69, 9.17) is 9.47 Å². The van der Waals surface area contributed by atoms with Gasteiger partial charge in [0.05, 0.1) is 30.4 Å². The van der Waals surface area contributed by atoms with Crippen molar-refractivity contribution in [3.05, 3.63) is 93.5 Å². The molecule has 0 saturated carbocycles. The van der Waals surface area contributed by atoms with Gasteiger partial charge in [0.25, 0.3) is 0 Å². The summed E-state index contributed by atoms with van der Waals surface area (Å²) in [5.74, 6) is 0.0762. The third-order valence-corrected chi connectivity index (χ3v) is 5.44. The van der Waals surface area contributed by atoms with Crippen LogP contribution in [0, 0.1) is 10.1 Å². The molecule has 3 aromatic rings. The lowest BCUT2D eigenvalue weighted by Gasteiger charge is -2.31. The number of rotatable bonds is 7. The number of urea groups is 1. The summed E-state index contributed by atoms with van der Waals surface area (Å²) in [5, 5.41) is 27.7. The van der Waals surface area contributed by atoms with Crippen molar-refractivity contribution in [1.82, 2.24) is 10.6 Å². The maximum Gasteiger partial charge on any atom is 0.320 e. The molecule has 0 aromatic heterocycles. The molecule has 0 fully saturated rings. The molecular formula is C25H23N3O6. The van der Waals surface area contributed by atoms with Gasteiger partial charge in [-0.15, -0.1) is 0 Å². The highest BCUT2D eigenvalue weighted by Crippen LogP contribution is 2.44. The molecule has 0 radical (unpaired) electrons. The predicted octanol–water partition coefficient (Wildman–Crippen LogP) is 4.63. The fourth-order valence-corrected chi connectivity index (χ4v) is 3.91. The van der Waals surface area contributed by atoms with Crippen LogP contribution in [0.2, 0.25) is 0 Å². The van der Waals surface area contributed by atoms with E-state index in [-0.39, 0.29) is 12.4 Å². The maximum absolute atomic E-state index is 12.7. The third kappa shape index (κ3) is 4.36. The zero-order valence-electron chi connectivity index (χ0n) is 18.6. The second kappa shape index (κ2) is 9.53. The van der Waals surface area contributed by atoms with Gasteiger partial charge in [-0.1, -0.05) is 30.3 Å². The maximum atomic E-state index is 12.7. The van der Waals surface area contributed by atoms with E-state index in [9.17, 15) is 20.0 Å². The summed E-state index contributed by atoms with van der Waals surface area (Å²) in [5.41, 5.74) is 2.68. The number of ether oxygens (including phenoxy) is 2. The van der Waals surface area contributed by atoms with Gasteiger partial charge in [-0.05, 0) is 53.9 Å². The van der Waals surface area contributed by atoms with Crippen molar-refractivity contribution in [2.45, 2.75) is 13.0 Å². The number of benzene rings is 3. The van der Waals surface area contributed by atoms with Crippen LogP contribution >= 0.6 is 0 Å². The van der Waals surface area contributed by atoms with Gasteiger partial charge < -0.3 is 25.2 Å². The fraction of sp³-hybridized carbons (Fsp3) is 0.160. The van der Waals surface area contributed by atoms with Crippen molar-refractivity contribution in [1.29, 1.82) is 0 Å². The zero-order valence-corrected chi connectivity index (χ0v) is 18.6. The molecule has 9 heteroatoms. The highest BCUT2D eigenvalue weighted by atomic mass is 16.6. The summed E-state index contributed by atoms with van der Waals surface area (Å²) >= 11 is 0. The van der Waals surface area contributed by atoms with Crippen molar-refractivity contribution < 1.29 is 24.3 Å². The monoisotopic (exact) mass is 461 g/mol. The number of hydrogen-bond donors (Lipinski definition) is 3. The summed E-state index contributed by atoms with van der Waals surface area (Å²) < 4.78 is 10.7. The van der Waals surface area contributed by atoms with Gasteiger partial charge in [0.2, 0.25) is 5.75 Å². The van der Waals surface area contributed by atoms with Crippen LogP contribution in [0.3, 0.4) is 0 Å². The Labute approximate surface area is 195 Å². The van der Waals surface area contributed by atoms with E-state index >= 15 is 0 Å². The van der Waals surface area contributed by atoms with E-state index in [1.165, 1.54) is 12.1 Å². The second-order valence-corrected chi connectivity index (χ2v) is 7.49. The van der Waals surface area contributed by atoms with Crippen molar-refractivity contribution in [3.63, 3.8) is 0 Å². The Kier molecular flexibility index (Phi) is 6.35. The number of methoxy groups -OCH3 is 1. The molecule has 3 aromatic carbocycles. The Morgan fingerprint density at radius 3 is 2.38 bits per heavy atom. The molecule has 9 nitrogen and oxygen atoms in total. The van der Waals surface area contributed by atoms with E-state index in [0.29, 0.717) is 22.6 Å². The molecular weight excluding hydrogens is 438 g/mol. The predicted molar refractivity (Wildman–Crippen MR) is 127 cm³/mol. The highest BCUT2D eigenvalue weighted by Gasteiger charge is 2.33. The number of carbonyl (C=O) groups is 1. The van der Waals surface area contributed by atoms with Crippen LogP contribution in [0.15, 0.2) is 66.7 Å². The summed E-state index contributed by atoms with van der Waals surface area (Å²) in [6, 6.07) is 18.1. The van der Waals surface area contributed by atoms with Gasteiger partial charge in [-0.2, -0.15) is 0 Å². The number of amides is 2. The molecule has 1 aliphatic rings. The fourth-order valence-electron chi connectivity index (χ4n) is 3.91. The molecule has 0 bridgehead atoms. The zero-order chi connectivity index (χ0) is 24.2. The molecule has 0 saturated heterocycles. The summed E-state index contributed by atoms with van der Waals surface area (Å²) in [6.07, 6.45) is 0. The van der Waals surface area contributed by atoms with Crippen LogP contribution in [-0.4, -0.2) is 29.8 Å². The first-order valence-corrected chi connectivity index (χ1v) is 10.6. The van der Waals surface area contributed by atoms with E-state index in [1.807, 2.05) is 42.5 Å². The number of hydrogen-bond acceptors (Lipinski definition) is 6. The minimum Gasteiger partial charge on any atom is -0.500 e. The van der Waals surface area contributed by atoms with Crippen LogP contribution in [0.4, 0.5) is 10.5 Å². The van der Waals surface area contributed by atoms with E-state index in [2.05, 4.69) is 10.6 Å². The summed E-state index contributed by atoms with van der Waals surface area (Å²) in [7, 11) is 1.57. The van der Waals surface area contributed by atoms with E-state index in [1.54, 1.807) is 26.2 Å². The van der Waals surface area contributed by atoms with E-state index in [0.717, 1.165) is 11.1 Å². The Morgan fingerprint density at radius 1 is 1.06 bits per heavy atom. The van der Waals surface area contributed by atoms with Crippen LogP contribution in [-0.2, 0) is 0 Å².